The molecule has 0 bridgehead atoms. The van der Waals surface area contributed by atoms with Crippen LogP contribution in [0.15, 0.2) is 0 Å². The third kappa shape index (κ3) is 1.57. The highest BCUT2D eigenvalue weighted by molar-refractivity contribution is 5.76. The van der Waals surface area contributed by atoms with Gasteiger partial charge in [-0.15, -0.1) is 0 Å². The summed E-state index contributed by atoms with van der Waals surface area (Å²) in [5.74, 6) is 1.10. The number of carbonyl (C=O) groups is 1. The van der Waals surface area contributed by atoms with E-state index in [0.29, 0.717) is 11.9 Å². The van der Waals surface area contributed by atoms with Gasteiger partial charge in [0, 0.05) is 32.1 Å². The van der Waals surface area contributed by atoms with Crippen LogP contribution in [0.2, 0.25) is 0 Å². The Balaban J connectivity index is 1.96. The van der Waals surface area contributed by atoms with Crippen LogP contribution < -0.4 is 5.32 Å². The lowest BCUT2D eigenvalue weighted by Crippen LogP contribution is -2.38. The number of amides is 1. The second kappa shape index (κ2) is 3.66. The van der Waals surface area contributed by atoms with E-state index in [1.807, 2.05) is 0 Å². The third-order valence-corrected chi connectivity index (χ3v) is 3.23. The summed E-state index contributed by atoms with van der Waals surface area (Å²) in [5, 5.41) is 3.36. The molecule has 2 rings (SSSR count). The molecule has 0 aliphatic carbocycles. The van der Waals surface area contributed by atoms with Gasteiger partial charge in [0.2, 0.25) is 5.91 Å². The topological polar surface area (TPSA) is 32.3 Å². The van der Waals surface area contributed by atoms with Gasteiger partial charge < -0.3 is 10.2 Å². The lowest BCUT2D eigenvalue weighted by atomic mass is 10.1. The summed E-state index contributed by atoms with van der Waals surface area (Å²) < 4.78 is 0. The summed E-state index contributed by atoms with van der Waals surface area (Å²) in [6.45, 7) is 5.19. The zero-order valence-corrected chi connectivity index (χ0v) is 8.25. The summed E-state index contributed by atoms with van der Waals surface area (Å²) in [7, 11) is 0. The van der Waals surface area contributed by atoms with Crippen LogP contribution in [0.3, 0.4) is 0 Å². The van der Waals surface area contributed by atoms with Crippen molar-refractivity contribution in [1.82, 2.24) is 10.2 Å². The minimum Gasteiger partial charge on any atom is -0.338 e. The highest BCUT2D eigenvalue weighted by atomic mass is 16.2. The van der Waals surface area contributed by atoms with Gasteiger partial charge in [-0.1, -0.05) is 6.92 Å². The first-order valence-electron chi connectivity index (χ1n) is 5.33. The second-order valence-corrected chi connectivity index (χ2v) is 4.11. The van der Waals surface area contributed by atoms with Crippen LogP contribution in [-0.2, 0) is 4.79 Å². The zero-order valence-electron chi connectivity index (χ0n) is 8.25. The van der Waals surface area contributed by atoms with Crippen molar-refractivity contribution in [3.8, 4) is 0 Å². The number of hydrogen-bond acceptors (Lipinski definition) is 2. The molecular weight excluding hydrogens is 164 g/mol. The first-order valence-corrected chi connectivity index (χ1v) is 5.33. The van der Waals surface area contributed by atoms with Gasteiger partial charge in [-0.2, -0.15) is 0 Å². The summed E-state index contributed by atoms with van der Waals surface area (Å²) in [4.78, 5) is 13.8. The molecule has 0 aromatic carbocycles. The van der Waals surface area contributed by atoms with Gasteiger partial charge in [0.1, 0.15) is 0 Å². The quantitative estimate of drug-likeness (QED) is 0.678. The molecule has 3 nitrogen and oxygen atoms in total. The minimum atomic E-state index is 0.360. The van der Waals surface area contributed by atoms with Crippen molar-refractivity contribution in [1.29, 1.82) is 0 Å². The van der Waals surface area contributed by atoms with Gasteiger partial charge in [0.05, 0.1) is 0 Å². The normalized spacial score (nSPS) is 32.2. The fraction of sp³-hybridized carbons (Fsp3) is 0.900. The predicted molar refractivity (Wildman–Crippen MR) is 51.4 cm³/mol. The molecule has 0 unspecified atom stereocenters. The summed E-state index contributed by atoms with van der Waals surface area (Å²) in [6.07, 6.45) is 2.90. The van der Waals surface area contributed by atoms with Crippen molar-refractivity contribution in [2.75, 3.05) is 19.6 Å². The molecule has 74 valence electrons. The van der Waals surface area contributed by atoms with E-state index in [1.165, 1.54) is 6.42 Å². The Bertz CT molecular complexity index is 205. The van der Waals surface area contributed by atoms with E-state index < -0.39 is 0 Å². The predicted octanol–water partition coefficient (Wildman–Crippen LogP) is 0.607. The number of likely N-dealkylation sites (tertiary alicyclic amines) is 1. The van der Waals surface area contributed by atoms with Crippen molar-refractivity contribution in [3.63, 3.8) is 0 Å². The average Bonchev–Trinajstić information content (AvgIpc) is 2.62. The van der Waals surface area contributed by atoms with E-state index in [0.717, 1.165) is 38.4 Å². The lowest BCUT2D eigenvalue weighted by molar-refractivity contribution is -0.131. The summed E-state index contributed by atoms with van der Waals surface area (Å²) >= 11 is 0. The van der Waals surface area contributed by atoms with Crippen molar-refractivity contribution < 1.29 is 4.79 Å². The highest BCUT2D eigenvalue weighted by Gasteiger charge is 2.39. The van der Waals surface area contributed by atoms with Crippen molar-refractivity contribution in [3.05, 3.63) is 0 Å². The lowest BCUT2D eigenvalue weighted by Gasteiger charge is -2.23. The fourth-order valence-electron chi connectivity index (χ4n) is 2.52. The number of carbonyl (C=O) groups excluding carboxylic acids is 1. The van der Waals surface area contributed by atoms with Crippen LogP contribution in [0.1, 0.15) is 26.2 Å². The largest absolute Gasteiger partial charge is 0.338 e. The van der Waals surface area contributed by atoms with Gasteiger partial charge in [-0.3, -0.25) is 4.79 Å². The monoisotopic (exact) mass is 182 g/mol. The fourth-order valence-corrected chi connectivity index (χ4v) is 2.52. The summed E-state index contributed by atoms with van der Waals surface area (Å²) in [6, 6.07) is 0.513. The zero-order chi connectivity index (χ0) is 9.26. The standard InChI is InChI=1S/C10H18N2O/c1-2-3-10(13)12-5-4-8-6-11-7-9(8)12/h8-9,11H,2-7H2,1H3/t8-,9+/m0/s1. The Morgan fingerprint density at radius 2 is 2.38 bits per heavy atom. The van der Waals surface area contributed by atoms with Crippen LogP contribution in [0.4, 0.5) is 0 Å². The molecule has 2 fully saturated rings. The van der Waals surface area contributed by atoms with Crippen molar-refractivity contribution in [2.24, 2.45) is 5.92 Å². The van der Waals surface area contributed by atoms with E-state index >= 15 is 0 Å². The molecular formula is C10H18N2O. The maximum absolute atomic E-state index is 11.7. The number of nitrogens with one attached hydrogen (secondary N) is 1. The molecule has 2 saturated heterocycles. The summed E-state index contributed by atoms with van der Waals surface area (Å²) in [5.41, 5.74) is 0. The number of hydrogen-bond donors (Lipinski definition) is 1. The molecule has 0 spiro atoms. The Morgan fingerprint density at radius 3 is 3.15 bits per heavy atom. The van der Waals surface area contributed by atoms with Crippen LogP contribution in [0.5, 0.6) is 0 Å². The first kappa shape index (κ1) is 9.00. The molecule has 13 heavy (non-hydrogen) atoms. The number of nitrogens with zero attached hydrogens (tertiary/aromatic N) is 1. The first-order chi connectivity index (χ1) is 6.33. The Morgan fingerprint density at radius 1 is 1.54 bits per heavy atom. The minimum absolute atomic E-state index is 0.360. The van der Waals surface area contributed by atoms with Crippen LogP contribution in [0.25, 0.3) is 0 Å². The second-order valence-electron chi connectivity index (χ2n) is 4.11. The van der Waals surface area contributed by atoms with Gasteiger partial charge in [-0.05, 0) is 18.8 Å². The van der Waals surface area contributed by atoms with Crippen LogP contribution in [-0.4, -0.2) is 36.5 Å². The molecule has 3 heteroatoms. The number of fused-ring (bicyclic) bond motifs is 1. The highest BCUT2D eigenvalue weighted by Crippen LogP contribution is 2.27. The number of rotatable bonds is 2. The van der Waals surface area contributed by atoms with Gasteiger partial charge >= 0.3 is 0 Å². The van der Waals surface area contributed by atoms with Crippen LogP contribution in [0, 0.1) is 5.92 Å². The average molecular weight is 182 g/mol. The molecule has 1 amide bonds. The Kier molecular flexibility index (Phi) is 2.54. The van der Waals surface area contributed by atoms with E-state index in [-0.39, 0.29) is 0 Å². The van der Waals surface area contributed by atoms with E-state index in [4.69, 9.17) is 0 Å². The van der Waals surface area contributed by atoms with Gasteiger partial charge in [0.15, 0.2) is 0 Å². The molecule has 0 aromatic heterocycles. The molecule has 2 aliphatic rings. The maximum atomic E-state index is 11.7. The third-order valence-electron chi connectivity index (χ3n) is 3.23. The van der Waals surface area contributed by atoms with E-state index in [9.17, 15) is 4.79 Å². The Hall–Kier alpha value is -0.570. The van der Waals surface area contributed by atoms with Gasteiger partial charge in [-0.25, -0.2) is 0 Å². The molecule has 0 radical (unpaired) electrons. The van der Waals surface area contributed by atoms with Crippen molar-refractivity contribution >= 4 is 5.91 Å². The smallest absolute Gasteiger partial charge is 0.222 e. The van der Waals surface area contributed by atoms with Gasteiger partial charge in [0.25, 0.3) is 0 Å². The molecule has 0 aromatic rings. The van der Waals surface area contributed by atoms with Crippen LogP contribution >= 0.6 is 0 Å². The van der Waals surface area contributed by atoms with E-state index in [2.05, 4.69) is 17.1 Å². The maximum Gasteiger partial charge on any atom is 0.222 e. The molecule has 2 aliphatic heterocycles. The Labute approximate surface area is 79.5 Å². The van der Waals surface area contributed by atoms with E-state index in [1.54, 1.807) is 0 Å². The van der Waals surface area contributed by atoms with Crippen molar-refractivity contribution in [2.45, 2.75) is 32.2 Å². The molecule has 1 N–H and O–H groups in total. The SMILES string of the molecule is CCCC(=O)N1CC[C@H]2CNC[C@H]21. The molecule has 2 atom stereocenters. The molecule has 0 saturated carbocycles. The molecule has 2 heterocycles.